The van der Waals surface area contributed by atoms with Crippen molar-refractivity contribution in [3.8, 4) is 17.1 Å². The average molecular weight is 262 g/mol. The molecule has 2 nitrogen and oxygen atoms in total. The van der Waals surface area contributed by atoms with Crippen LogP contribution in [0.1, 0.15) is 16.7 Å². The molecule has 0 aliphatic rings. The molecule has 3 aromatic rings. The van der Waals surface area contributed by atoms with Crippen LogP contribution in [-0.4, -0.2) is 9.55 Å². The molecule has 0 atom stereocenters. The Morgan fingerprint density at radius 2 is 1.55 bits per heavy atom. The Bertz CT molecular complexity index is 716. The first-order valence-corrected chi connectivity index (χ1v) is 6.84. The van der Waals surface area contributed by atoms with Gasteiger partial charge in [0.1, 0.15) is 5.82 Å². The molecule has 2 aromatic carbocycles. The van der Waals surface area contributed by atoms with Crippen molar-refractivity contribution in [2.45, 2.75) is 20.8 Å². The molecule has 0 spiro atoms. The normalized spacial score (nSPS) is 10.8. The van der Waals surface area contributed by atoms with Crippen LogP contribution in [0.25, 0.3) is 17.1 Å². The van der Waals surface area contributed by atoms with Crippen LogP contribution in [0.2, 0.25) is 0 Å². The van der Waals surface area contributed by atoms with E-state index in [1.54, 1.807) is 0 Å². The topological polar surface area (TPSA) is 17.8 Å². The fourth-order valence-electron chi connectivity index (χ4n) is 2.84. The lowest BCUT2D eigenvalue weighted by Gasteiger charge is -2.15. The van der Waals surface area contributed by atoms with Gasteiger partial charge in [0.05, 0.1) is 5.69 Å². The van der Waals surface area contributed by atoms with Crippen molar-refractivity contribution in [3.05, 3.63) is 71.5 Å². The average Bonchev–Trinajstić information content (AvgIpc) is 2.87. The van der Waals surface area contributed by atoms with Crippen LogP contribution >= 0.6 is 0 Å². The Kier molecular flexibility index (Phi) is 3.15. The monoisotopic (exact) mass is 262 g/mol. The van der Waals surface area contributed by atoms with Gasteiger partial charge in [0.2, 0.25) is 0 Å². The molecule has 0 saturated heterocycles. The van der Waals surface area contributed by atoms with Crippen LogP contribution in [0.15, 0.2) is 54.9 Å². The highest BCUT2D eigenvalue weighted by atomic mass is 15.1. The lowest BCUT2D eigenvalue weighted by atomic mass is 10.0. The molecule has 20 heavy (non-hydrogen) atoms. The molecule has 0 saturated carbocycles. The first kappa shape index (κ1) is 12.7. The summed E-state index contributed by atoms with van der Waals surface area (Å²) in [5.41, 5.74) is 6.21. The van der Waals surface area contributed by atoms with Gasteiger partial charge >= 0.3 is 0 Å². The molecule has 1 heterocycles. The van der Waals surface area contributed by atoms with Gasteiger partial charge in [-0.25, -0.2) is 4.98 Å². The maximum Gasteiger partial charge on any atom is 0.144 e. The third-order valence-corrected chi connectivity index (χ3v) is 3.55. The smallest absolute Gasteiger partial charge is 0.144 e. The minimum atomic E-state index is 0.987. The minimum absolute atomic E-state index is 0.987. The van der Waals surface area contributed by atoms with E-state index in [2.05, 4.69) is 54.6 Å². The number of aryl methyl sites for hydroxylation is 3. The Morgan fingerprint density at radius 3 is 2.20 bits per heavy atom. The highest BCUT2D eigenvalue weighted by Gasteiger charge is 2.11. The van der Waals surface area contributed by atoms with Crippen molar-refractivity contribution in [1.29, 1.82) is 0 Å². The fraction of sp³-hybridized carbons (Fsp3) is 0.167. The van der Waals surface area contributed by atoms with E-state index in [9.17, 15) is 0 Å². The van der Waals surface area contributed by atoms with Gasteiger partial charge in [-0.05, 0) is 31.9 Å². The molecule has 0 amide bonds. The van der Waals surface area contributed by atoms with E-state index in [0.29, 0.717) is 0 Å². The lowest BCUT2D eigenvalue weighted by Crippen LogP contribution is -2.02. The Labute approximate surface area is 119 Å². The van der Waals surface area contributed by atoms with Crippen LogP contribution in [0, 0.1) is 20.8 Å². The van der Waals surface area contributed by atoms with E-state index in [1.807, 2.05) is 30.6 Å². The Morgan fingerprint density at radius 1 is 0.900 bits per heavy atom. The highest BCUT2D eigenvalue weighted by molar-refractivity contribution is 5.61. The fourth-order valence-corrected chi connectivity index (χ4v) is 2.84. The molecule has 0 unspecified atom stereocenters. The zero-order chi connectivity index (χ0) is 14.1. The van der Waals surface area contributed by atoms with Crippen LogP contribution in [0.5, 0.6) is 0 Å². The lowest BCUT2D eigenvalue weighted by molar-refractivity contribution is 1.03. The SMILES string of the molecule is Cc1cc(C)c(-n2ccnc2-c2ccccc2)c(C)c1. The maximum atomic E-state index is 4.53. The summed E-state index contributed by atoms with van der Waals surface area (Å²) in [5, 5.41) is 0. The number of aromatic nitrogens is 2. The van der Waals surface area contributed by atoms with E-state index < -0.39 is 0 Å². The standard InChI is InChI=1S/C18H18N2/c1-13-11-14(2)17(15(3)12-13)20-10-9-19-18(20)16-7-5-4-6-8-16/h4-12H,1-3H3. The molecular formula is C18H18N2. The summed E-state index contributed by atoms with van der Waals surface area (Å²) in [6.07, 6.45) is 3.90. The van der Waals surface area contributed by atoms with E-state index in [0.717, 1.165) is 11.4 Å². The van der Waals surface area contributed by atoms with Gasteiger partial charge in [-0.15, -0.1) is 0 Å². The van der Waals surface area contributed by atoms with E-state index in [-0.39, 0.29) is 0 Å². The van der Waals surface area contributed by atoms with Crippen molar-refractivity contribution < 1.29 is 0 Å². The van der Waals surface area contributed by atoms with Gasteiger partial charge in [-0.3, -0.25) is 4.57 Å². The third-order valence-electron chi connectivity index (χ3n) is 3.55. The summed E-state index contributed by atoms with van der Waals surface area (Å²) in [7, 11) is 0. The molecule has 3 rings (SSSR count). The van der Waals surface area contributed by atoms with Crippen molar-refractivity contribution in [2.24, 2.45) is 0 Å². The van der Waals surface area contributed by atoms with Gasteiger partial charge in [0, 0.05) is 18.0 Å². The summed E-state index contributed by atoms with van der Waals surface area (Å²) >= 11 is 0. The van der Waals surface area contributed by atoms with Gasteiger partial charge in [0.15, 0.2) is 0 Å². The first-order chi connectivity index (χ1) is 9.66. The van der Waals surface area contributed by atoms with Crippen LogP contribution in [-0.2, 0) is 0 Å². The second-order valence-corrected chi connectivity index (χ2v) is 5.23. The maximum absolute atomic E-state index is 4.53. The molecule has 0 radical (unpaired) electrons. The van der Waals surface area contributed by atoms with Crippen molar-refractivity contribution in [2.75, 3.05) is 0 Å². The number of nitrogens with zero attached hydrogens (tertiary/aromatic N) is 2. The largest absolute Gasteiger partial charge is 0.299 e. The van der Waals surface area contributed by atoms with Crippen molar-refractivity contribution in [1.82, 2.24) is 9.55 Å². The molecule has 0 N–H and O–H groups in total. The summed E-state index contributed by atoms with van der Waals surface area (Å²) in [5.74, 6) is 0.987. The molecule has 2 heteroatoms. The zero-order valence-corrected chi connectivity index (χ0v) is 12.1. The van der Waals surface area contributed by atoms with Crippen molar-refractivity contribution >= 4 is 0 Å². The number of rotatable bonds is 2. The van der Waals surface area contributed by atoms with E-state index in [1.165, 1.54) is 22.4 Å². The van der Waals surface area contributed by atoms with Gasteiger partial charge in [0.25, 0.3) is 0 Å². The predicted molar refractivity (Wildman–Crippen MR) is 83.2 cm³/mol. The van der Waals surface area contributed by atoms with Crippen LogP contribution in [0.4, 0.5) is 0 Å². The second kappa shape index (κ2) is 4.97. The summed E-state index contributed by atoms with van der Waals surface area (Å²) in [6, 6.07) is 14.7. The molecular weight excluding hydrogens is 244 g/mol. The molecule has 100 valence electrons. The molecule has 0 bridgehead atoms. The van der Waals surface area contributed by atoms with Crippen LogP contribution in [0.3, 0.4) is 0 Å². The van der Waals surface area contributed by atoms with E-state index in [4.69, 9.17) is 0 Å². The first-order valence-electron chi connectivity index (χ1n) is 6.84. The molecule has 0 aliphatic heterocycles. The highest BCUT2D eigenvalue weighted by Crippen LogP contribution is 2.26. The van der Waals surface area contributed by atoms with Gasteiger partial charge in [-0.2, -0.15) is 0 Å². The quantitative estimate of drug-likeness (QED) is 0.666. The summed E-state index contributed by atoms with van der Waals surface area (Å²) in [6.45, 7) is 6.45. The number of hydrogen-bond acceptors (Lipinski definition) is 1. The number of hydrogen-bond donors (Lipinski definition) is 0. The van der Waals surface area contributed by atoms with Crippen molar-refractivity contribution in [3.63, 3.8) is 0 Å². The van der Waals surface area contributed by atoms with E-state index >= 15 is 0 Å². The third kappa shape index (κ3) is 2.14. The Balaban J connectivity index is 2.21. The van der Waals surface area contributed by atoms with Gasteiger partial charge in [-0.1, -0.05) is 48.0 Å². The predicted octanol–water partition coefficient (Wildman–Crippen LogP) is 4.46. The number of benzene rings is 2. The second-order valence-electron chi connectivity index (χ2n) is 5.23. The molecule has 0 aliphatic carbocycles. The Hall–Kier alpha value is -2.35. The number of imidazole rings is 1. The zero-order valence-electron chi connectivity index (χ0n) is 12.1. The summed E-state index contributed by atoms with van der Waals surface area (Å²) < 4.78 is 2.18. The molecule has 0 fully saturated rings. The van der Waals surface area contributed by atoms with Crippen LogP contribution < -0.4 is 0 Å². The van der Waals surface area contributed by atoms with Gasteiger partial charge < -0.3 is 0 Å². The molecule has 1 aromatic heterocycles. The summed E-state index contributed by atoms with van der Waals surface area (Å²) in [4.78, 5) is 4.53. The minimum Gasteiger partial charge on any atom is -0.299 e.